The van der Waals surface area contributed by atoms with E-state index < -0.39 is 0 Å². The van der Waals surface area contributed by atoms with Gasteiger partial charge in [-0.25, -0.2) is 4.68 Å². The van der Waals surface area contributed by atoms with Gasteiger partial charge in [0.2, 0.25) is 0 Å². The second kappa shape index (κ2) is 6.04. The minimum atomic E-state index is -0.0411. The lowest BCUT2D eigenvalue weighted by molar-refractivity contribution is 0.104. The number of rotatable bonds is 4. The van der Waals surface area contributed by atoms with Crippen molar-refractivity contribution < 1.29 is 4.79 Å². The number of nitrogens with zero attached hydrogens (tertiary/aromatic N) is 4. The van der Waals surface area contributed by atoms with Gasteiger partial charge < -0.3 is 0 Å². The average Bonchev–Trinajstić information content (AvgIpc) is 3.11. The largest absolute Gasteiger partial charge is 0.289 e. The van der Waals surface area contributed by atoms with E-state index in [-0.39, 0.29) is 5.78 Å². The van der Waals surface area contributed by atoms with Gasteiger partial charge in [-0.15, -0.1) is 0 Å². The lowest BCUT2D eigenvalue weighted by atomic mass is 10.1. The fourth-order valence-corrected chi connectivity index (χ4v) is 2.53. The summed E-state index contributed by atoms with van der Waals surface area (Å²) in [6.07, 6.45) is 6.98. The topological polar surface area (TPSA) is 52.7 Å². The van der Waals surface area contributed by atoms with Crippen LogP contribution in [0, 0.1) is 13.8 Å². The maximum Gasteiger partial charge on any atom is 0.189 e. The fourth-order valence-electron chi connectivity index (χ4n) is 2.53. The van der Waals surface area contributed by atoms with Gasteiger partial charge in [0.25, 0.3) is 0 Å². The predicted molar refractivity (Wildman–Crippen MR) is 89.6 cm³/mol. The molecule has 0 unspecified atom stereocenters. The minimum absolute atomic E-state index is 0.0411. The molecule has 2 aromatic heterocycles. The first-order valence-electron chi connectivity index (χ1n) is 7.39. The van der Waals surface area contributed by atoms with E-state index in [4.69, 9.17) is 0 Å². The van der Waals surface area contributed by atoms with Gasteiger partial charge in [-0.3, -0.25) is 9.48 Å². The zero-order chi connectivity index (χ0) is 16.4. The van der Waals surface area contributed by atoms with Crippen LogP contribution in [0.25, 0.3) is 11.8 Å². The van der Waals surface area contributed by atoms with E-state index >= 15 is 0 Å². The van der Waals surface area contributed by atoms with Crippen LogP contribution in [-0.4, -0.2) is 25.3 Å². The molecule has 1 aromatic carbocycles. The number of carbonyl (C=O) groups is 1. The summed E-state index contributed by atoms with van der Waals surface area (Å²) in [7, 11) is 1.84. The lowest BCUT2D eigenvalue weighted by Crippen LogP contribution is -1.99. The number of benzene rings is 1. The van der Waals surface area contributed by atoms with Gasteiger partial charge in [0.15, 0.2) is 5.78 Å². The summed E-state index contributed by atoms with van der Waals surface area (Å²) in [4.78, 5) is 12.4. The molecule has 5 nitrogen and oxygen atoms in total. The van der Waals surface area contributed by atoms with Crippen molar-refractivity contribution >= 4 is 11.9 Å². The summed E-state index contributed by atoms with van der Waals surface area (Å²) < 4.78 is 3.51. The molecule has 5 heteroatoms. The molecule has 116 valence electrons. The first-order chi connectivity index (χ1) is 11.1. The highest BCUT2D eigenvalue weighted by Crippen LogP contribution is 2.14. The van der Waals surface area contributed by atoms with Gasteiger partial charge in [0.1, 0.15) is 0 Å². The van der Waals surface area contributed by atoms with Gasteiger partial charge in [-0.2, -0.15) is 10.2 Å². The van der Waals surface area contributed by atoms with Crippen molar-refractivity contribution in [2.75, 3.05) is 0 Å². The number of hydrogen-bond acceptors (Lipinski definition) is 3. The molecule has 0 saturated heterocycles. The SMILES string of the molecule is Cc1nn(C)c(C)c1C(=O)/C=C/c1cnn(-c2ccccc2)c1. The Balaban J connectivity index is 1.81. The highest BCUT2D eigenvalue weighted by Gasteiger charge is 2.14. The number of allylic oxidation sites excluding steroid dienone is 1. The van der Waals surface area contributed by atoms with Gasteiger partial charge in [0.05, 0.1) is 23.1 Å². The molecule has 0 radical (unpaired) electrons. The van der Waals surface area contributed by atoms with E-state index in [9.17, 15) is 4.79 Å². The number of aromatic nitrogens is 4. The Morgan fingerprint density at radius 1 is 1.17 bits per heavy atom. The Kier molecular flexibility index (Phi) is 3.93. The number of para-hydroxylation sites is 1. The summed E-state index contributed by atoms with van der Waals surface area (Å²) in [5.74, 6) is -0.0411. The fraction of sp³-hybridized carbons (Fsp3) is 0.167. The zero-order valence-electron chi connectivity index (χ0n) is 13.4. The van der Waals surface area contributed by atoms with E-state index in [1.807, 2.05) is 57.4 Å². The number of ketones is 1. The Labute approximate surface area is 134 Å². The normalized spacial score (nSPS) is 11.3. The molecule has 0 saturated carbocycles. The lowest BCUT2D eigenvalue weighted by Gasteiger charge is -1.98. The van der Waals surface area contributed by atoms with Crippen LogP contribution in [0.4, 0.5) is 0 Å². The maximum absolute atomic E-state index is 12.4. The quantitative estimate of drug-likeness (QED) is 0.550. The molecule has 0 fully saturated rings. The Hall–Kier alpha value is -2.95. The molecule has 0 N–H and O–H groups in total. The second-order valence-corrected chi connectivity index (χ2v) is 5.42. The molecule has 0 bridgehead atoms. The summed E-state index contributed by atoms with van der Waals surface area (Å²) >= 11 is 0. The van der Waals surface area contributed by atoms with Gasteiger partial charge in [0, 0.05) is 24.5 Å². The standard InChI is InChI=1S/C18H18N4O/c1-13-18(14(2)21(3)20-13)17(23)10-9-15-11-19-22(12-15)16-7-5-4-6-8-16/h4-12H,1-3H3/b10-9+. The molecular formula is C18H18N4O. The highest BCUT2D eigenvalue weighted by atomic mass is 16.1. The molecule has 0 aliphatic heterocycles. The summed E-state index contributed by atoms with van der Waals surface area (Å²) in [5.41, 5.74) is 4.15. The van der Waals surface area contributed by atoms with E-state index in [2.05, 4.69) is 10.2 Å². The molecule has 23 heavy (non-hydrogen) atoms. The van der Waals surface area contributed by atoms with Crippen LogP contribution in [0.15, 0.2) is 48.8 Å². The molecular weight excluding hydrogens is 288 g/mol. The van der Waals surface area contributed by atoms with Crippen molar-refractivity contribution in [2.24, 2.45) is 7.05 Å². The highest BCUT2D eigenvalue weighted by molar-refractivity contribution is 6.08. The minimum Gasteiger partial charge on any atom is -0.289 e. The Morgan fingerprint density at radius 3 is 2.57 bits per heavy atom. The molecule has 2 heterocycles. The maximum atomic E-state index is 12.4. The number of hydrogen-bond donors (Lipinski definition) is 0. The summed E-state index contributed by atoms with van der Waals surface area (Å²) in [6.45, 7) is 3.75. The first kappa shape index (κ1) is 15.0. The van der Waals surface area contributed by atoms with Crippen molar-refractivity contribution in [2.45, 2.75) is 13.8 Å². The first-order valence-corrected chi connectivity index (χ1v) is 7.39. The van der Waals surface area contributed by atoms with Crippen LogP contribution in [0.2, 0.25) is 0 Å². The van der Waals surface area contributed by atoms with Crippen LogP contribution < -0.4 is 0 Å². The smallest absolute Gasteiger partial charge is 0.189 e. The molecule has 0 atom stereocenters. The van der Waals surface area contributed by atoms with Crippen molar-refractivity contribution in [3.05, 3.63) is 71.3 Å². The monoisotopic (exact) mass is 306 g/mol. The number of aryl methyl sites for hydroxylation is 2. The van der Waals surface area contributed by atoms with Crippen LogP contribution in [0.1, 0.15) is 27.3 Å². The van der Waals surface area contributed by atoms with Gasteiger partial charge in [-0.05, 0) is 38.1 Å². The van der Waals surface area contributed by atoms with E-state index in [0.29, 0.717) is 5.56 Å². The van der Waals surface area contributed by atoms with Crippen LogP contribution in [0.5, 0.6) is 0 Å². The van der Waals surface area contributed by atoms with Crippen LogP contribution in [0.3, 0.4) is 0 Å². The van der Waals surface area contributed by atoms with Crippen molar-refractivity contribution in [3.63, 3.8) is 0 Å². The molecule has 0 aliphatic carbocycles. The molecule has 3 aromatic rings. The van der Waals surface area contributed by atoms with Crippen molar-refractivity contribution in [1.29, 1.82) is 0 Å². The van der Waals surface area contributed by atoms with Crippen LogP contribution in [-0.2, 0) is 7.05 Å². The van der Waals surface area contributed by atoms with Crippen molar-refractivity contribution in [1.82, 2.24) is 19.6 Å². The van der Waals surface area contributed by atoms with Crippen LogP contribution >= 0.6 is 0 Å². The third kappa shape index (κ3) is 2.99. The molecule has 3 rings (SSSR count). The van der Waals surface area contributed by atoms with E-state index in [1.165, 1.54) is 0 Å². The third-order valence-corrected chi connectivity index (χ3v) is 3.81. The predicted octanol–water partition coefficient (Wildman–Crippen LogP) is 3.12. The van der Waals surface area contributed by atoms with E-state index in [1.54, 1.807) is 27.7 Å². The summed E-state index contributed by atoms with van der Waals surface area (Å²) in [6, 6.07) is 9.85. The third-order valence-electron chi connectivity index (χ3n) is 3.81. The Morgan fingerprint density at radius 2 is 1.91 bits per heavy atom. The number of carbonyl (C=O) groups excluding carboxylic acids is 1. The second-order valence-electron chi connectivity index (χ2n) is 5.42. The van der Waals surface area contributed by atoms with Gasteiger partial charge >= 0.3 is 0 Å². The zero-order valence-corrected chi connectivity index (χ0v) is 13.4. The summed E-state index contributed by atoms with van der Waals surface area (Å²) in [5, 5.41) is 8.59. The van der Waals surface area contributed by atoms with Gasteiger partial charge in [-0.1, -0.05) is 18.2 Å². The van der Waals surface area contributed by atoms with Crippen molar-refractivity contribution in [3.8, 4) is 5.69 Å². The average molecular weight is 306 g/mol. The van der Waals surface area contributed by atoms with E-state index in [0.717, 1.165) is 22.6 Å². The Bertz CT molecular complexity index is 872. The molecule has 0 amide bonds. The molecule has 0 spiro atoms. The molecule has 0 aliphatic rings.